The van der Waals surface area contributed by atoms with E-state index < -0.39 is 10.8 Å². The molecule has 0 aromatic carbocycles. The molecule has 0 radical (unpaired) electrons. The van der Waals surface area contributed by atoms with Gasteiger partial charge in [0.15, 0.2) is 0 Å². The van der Waals surface area contributed by atoms with Gasteiger partial charge in [0.25, 0.3) is 0 Å². The van der Waals surface area contributed by atoms with Gasteiger partial charge in [0, 0.05) is 35.4 Å². The zero-order valence-corrected chi connectivity index (χ0v) is 9.43. The van der Waals surface area contributed by atoms with E-state index in [4.69, 9.17) is 11.5 Å². The van der Waals surface area contributed by atoms with Crippen LogP contribution in [0.2, 0.25) is 0 Å². The fraction of sp³-hybridized carbons (Fsp3) is 0.333. The second kappa shape index (κ2) is 3.44. The predicted octanol–water partition coefficient (Wildman–Crippen LogP) is -0.363. The third-order valence-corrected chi connectivity index (χ3v) is 3.92. The lowest BCUT2D eigenvalue weighted by atomic mass is 9.67. The van der Waals surface area contributed by atoms with Crippen LogP contribution < -0.4 is 11.5 Å². The zero-order valence-electron chi connectivity index (χ0n) is 9.43. The molecule has 0 aliphatic heterocycles. The minimum Gasteiger partial charge on any atom is -0.400 e. The first-order valence-electron chi connectivity index (χ1n) is 5.24. The molecule has 2 aliphatic carbocycles. The normalized spacial score (nSPS) is 33.9. The van der Waals surface area contributed by atoms with Gasteiger partial charge in [0.2, 0.25) is 0 Å². The Kier molecular flexibility index (Phi) is 2.27. The van der Waals surface area contributed by atoms with Crippen molar-refractivity contribution in [2.75, 3.05) is 0 Å². The number of nitrogens with zero attached hydrogens (tertiary/aromatic N) is 2. The number of nitrogens with two attached hydrogens (primary N) is 2. The summed E-state index contributed by atoms with van der Waals surface area (Å²) in [4.78, 5) is 21.9. The Bertz CT molecular complexity index is 551. The second-order valence-corrected chi connectivity index (χ2v) is 4.50. The molecule has 0 aromatic heterocycles. The Morgan fingerprint density at radius 2 is 1.28 bits per heavy atom. The van der Waals surface area contributed by atoms with Crippen molar-refractivity contribution < 1.29 is 9.59 Å². The van der Waals surface area contributed by atoms with Crippen molar-refractivity contribution in [3.8, 4) is 12.1 Å². The molecular formula is C12H10N4O2. The van der Waals surface area contributed by atoms with Crippen molar-refractivity contribution >= 4 is 12.6 Å². The van der Waals surface area contributed by atoms with E-state index in [1.807, 2.05) is 12.1 Å². The summed E-state index contributed by atoms with van der Waals surface area (Å²) in [6, 6.07) is 3.99. The van der Waals surface area contributed by atoms with Crippen LogP contribution in [0, 0.1) is 33.5 Å². The van der Waals surface area contributed by atoms with E-state index in [2.05, 4.69) is 0 Å². The van der Waals surface area contributed by atoms with Gasteiger partial charge in [-0.1, -0.05) is 0 Å². The third kappa shape index (κ3) is 0.957. The maximum atomic E-state index is 10.9. The first-order valence-corrected chi connectivity index (χ1v) is 5.24. The number of aldehydes is 2. The molecular weight excluding hydrogens is 232 g/mol. The number of allylic oxidation sites excluding steroid dienone is 4. The zero-order chi connectivity index (χ0) is 13.6. The largest absolute Gasteiger partial charge is 0.400 e. The van der Waals surface area contributed by atoms with Gasteiger partial charge in [-0.15, -0.1) is 0 Å². The summed E-state index contributed by atoms with van der Waals surface area (Å²) in [7, 11) is 0. The summed E-state index contributed by atoms with van der Waals surface area (Å²) in [5.74, 6) is 0. The van der Waals surface area contributed by atoms with E-state index in [1.165, 1.54) is 0 Å². The quantitative estimate of drug-likeness (QED) is 0.635. The predicted molar refractivity (Wildman–Crippen MR) is 59.9 cm³/mol. The van der Waals surface area contributed by atoms with E-state index in [0.29, 0.717) is 12.6 Å². The van der Waals surface area contributed by atoms with E-state index >= 15 is 0 Å². The fourth-order valence-electron chi connectivity index (χ4n) is 2.86. The van der Waals surface area contributed by atoms with Gasteiger partial charge in [-0.05, 0) is 0 Å². The van der Waals surface area contributed by atoms with E-state index in [1.54, 1.807) is 0 Å². The highest BCUT2D eigenvalue weighted by atomic mass is 16.1. The molecule has 0 unspecified atom stereocenters. The van der Waals surface area contributed by atoms with Crippen LogP contribution in [0.4, 0.5) is 0 Å². The summed E-state index contributed by atoms with van der Waals surface area (Å²) in [5, 5.41) is 18.8. The van der Waals surface area contributed by atoms with Crippen molar-refractivity contribution in [3.63, 3.8) is 0 Å². The minimum atomic E-state index is -1.39. The molecule has 2 atom stereocenters. The Morgan fingerprint density at radius 1 is 0.944 bits per heavy atom. The molecule has 6 heteroatoms. The number of nitriles is 2. The molecule has 0 saturated heterocycles. The Morgan fingerprint density at radius 3 is 1.50 bits per heavy atom. The highest BCUT2D eigenvalue weighted by molar-refractivity contribution is 5.83. The van der Waals surface area contributed by atoms with Crippen molar-refractivity contribution in [1.82, 2.24) is 0 Å². The van der Waals surface area contributed by atoms with Crippen LogP contribution in [0.5, 0.6) is 0 Å². The molecule has 0 amide bonds. The molecule has 0 bridgehead atoms. The van der Waals surface area contributed by atoms with E-state index in [-0.39, 0.29) is 35.4 Å². The smallest absolute Gasteiger partial charge is 0.147 e. The summed E-state index contributed by atoms with van der Waals surface area (Å²) in [6.45, 7) is 0. The molecule has 0 fully saturated rings. The van der Waals surface area contributed by atoms with Crippen molar-refractivity contribution in [2.24, 2.45) is 22.3 Å². The van der Waals surface area contributed by atoms with Gasteiger partial charge < -0.3 is 11.5 Å². The van der Waals surface area contributed by atoms with Crippen LogP contribution in [0.15, 0.2) is 22.5 Å². The monoisotopic (exact) mass is 242 g/mol. The highest BCUT2D eigenvalue weighted by Crippen LogP contribution is 2.63. The maximum Gasteiger partial charge on any atom is 0.147 e. The van der Waals surface area contributed by atoms with Crippen LogP contribution in [0.25, 0.3) is 0 Å². The standard InChI is InChI=1S/C12H10N4O2/c13-5-11-1-7(3-17)9(15)12(11,6-14)2-8(4-18)10(11)16/h3-4H,1-2,15-16H2/t11-,12-/m1/s1. The lowest BCUT2D eigenvalue weighted by Crippen LogP contribution is -2.39. The molecule has 0 saturated carbocycles. The minimum absolute atomic E-state index is 0.0183. The Labute approximate surface area is 103 Å². The lowest BCUT2D eigenvalue weighted by molar-refractivity contribution is -0.105. The van der Waals surface area contributed by atoms with Gasteiger partial charge in [0.1, 0.15) is 23.4 Å². The molecule has 4 N–H and O–H groups in total. The number of fused-ring (bicyclic) bond motifs is 1. The second-order valence-electron chi connectivity index (χ2n) is 4.50. The maximum absolute atomic E-state index is 10.9. The highest BCUT2D eigenvalue weighted by Gasteiger charge is 2.65. The summed E-state index contributed by atoms with van der Waals surface area (Å²) >= 11 is 0. The number of carbonyl (C=O) groups excluding carboxylic acids is 2. The summed E-state index contributed by atoms with van der Waals surface area (Å²) < 4.78 is 0. The molecule has 2 aliphatic rings. The summed E-state index contributed by atoms with van der Waals surface area (Å²) in [5.41, 5.74) is 9.43. The fourth-order valence-corrected chi connectivity index (χ4v) is 2.86. The van der Waals surface area contributed by atoms with E-state index in [0.717, 1.165) is 0 Å². The van der Waals surface area contributed by atoms with Crippen LogP contribution in [-0.4, -0.2) is 12.6 Å². The van der Waals surface area contributed by atoms with Crippen molar-refractivity contribution in [3.05, 3.63) is 22.5 Å². The van der Waals surface area contributed by atoms with Crippen molar-refractivity contribution in [2.45, 2.75) is 12.8 Å². The van der Waals surface area contributed by atoms with Crippen LogP contribution >= 0.6 is 0 Å². The molecule has 0 spiro atoms. The van der Waals surface area contributed by atoms with Crippen LogP contribution in [0.1, 0.15) is 12.8 Å². The Balaban J connectivity index is 2.75. The topological polar surface area (TPSA) is 134 Å². The average molecular weight is 242 g/mol. The first-order chi connectivity index (χ1) is 8.52. The average Bonchev–Trinajstić information content (AvgIpc) is 2.79. The van der Waals surface area contributed by atoms with Gasteiger partial charge in [-0.25, -0.2) is 0 Å². The number of rotatable bonds is 2. The van der Waals surface area contributed by atoms with Gasteiger partial charge in [0.05, 0.1) is 12.1 Å². The van der Waals surface area contributed by atoms with E-state index in [9.17, 15) is 20.1 Å². The number of carbonyl (C=O) groups is 2. The van der Waals surface area contributed by atoms with Crippen LogP contribution in [-0.2, 0) is 9.59 Å². The molecule has 90 valence electrons. The first kappa shape index (κ1) is 11.9. The SMILES string of the molecule is N#C[C@@]12CC(C=O)=C(N)[C@]1(C#N)CC(C=O)=C2N. The Hall–Kier alpha value is -2.60. The molecule has 2 rings (SSSR count). The van der Waals surface area contributed by atoms with Gasteiger partial charge >= 0.3 is 0 Å². The lowest BCUT2D eigenvalue weighted by Gasteiger charge is -2.31. The van der Waals surface area contributed by atoms with Gasteiger partial charge in [-0.2, -0.15) is 10.5 Å². The molecule has 6 nitrogen and oxygen atoms in total. The number of hydrogen-bond acceptors (Lipinski definition) is 6. The number of hydrogen-bond donors (Lipinski definition) is 2. The summed E-state index contributed by atoms with van der Waals surface area (Å²) in [6.07, 6.45) is 1.05. The van der Waals surface area contributed by atoms with Crippen molar-refractivity contribution in [1.29, 1.82) is 10.5 Å². The molecule has 18 heavy (non-hydrogen) atoms. The molecule has 0 aromatic rings. The van der Waals surface area contributed by atoms with Crippen LogP contribution in [0.3, 0.4) is 0 Å². The third-order valence-electron chi connectivity index (χ3n) is 3.92. The molecule has 0 heterocycles. The van der Waals surface area contributed by atoms with Gasteiger partial charge in [-0.3, -0.25) is 9.59 Å².